The van der Waals surface area contributed by atoms with Gasteiger partial charge in [0.2, 0.25) is 0 Å². The highest BCUT2D eigenvalue weighted by molar-refractivity contribution is 5.99. The maximum Gasteiger partial charge on any atom is 0.0563 e. The van der Waals surface area contributed by atoms with Crippen LogP contribution in [0, 0.1) is 0 Å². The van der Waals surface area contributed by atoms with E-state index in [-0.39, 0.29) is 16.9 Å². The van der Waals surface area contributed by atoms with E-state index < -0.39 is 0 Å². The van der Waals surface area contributed by atoms with Crippen LogP contribution >= 0.6 is 0 Å². The second kappa shape index (κ2) is 11.3. The van der Waals surface area contributed by atoms with Gasteiger partial charge in [0.1, 0.15) is 0 Å². The van der Waals surface area contributed by atoms with Crippen LogP contribution in [0.5, 0.6) is 0 Å². The van der Waals surface area contributed by atoms with Gasteiger partial charge < -0.3 is 9.47 Å². The van der Waals surface area contributed by atoms with E-state index in [1.807, 2.05) is 0 Å². The Kier molecular flexibility index (Phi) is 7.11. The third kappa shape index (κ3) is 4.85. The SMILES string of the molecule is Cn1c(C(C)(C)C)c(-c2ccc(N(c3ccc(-c4ccccc4)cc3)C3C=CC4=C(C3)C(C)(C)c3ccccc34)cc2)c2ccccc21. The highest BCUT2D eigenvalue weighted by Crippen LogP contribution is 2.51. The van der Waals surface area contributed by atoms with Crippen molar-refractivity contribution in [3.63, 3.8) is 0 Å². The Labute approximate surface area is 285 Å². The van der Waals surface area contributed by atoms with Crippen molar-refractivity contribution in [2.24, 2.45) is 7.05 Å². The van der Waals surface area contributed by atoms with E-state index in [1.165, 1.54) is 72.5 Å². The Hall–Kier alpha value is -5.08. The van der Waals surface area contributed by atoms with Gasteiger partial charge in [-0.25, -0.2) is 0 Å². The second-order valence-corrected chi connectivity index (χ2v) is 15.1. The van der Waals surface area contributed by atoms with Crippen LogP contribution in [0.4, 0.5) is 11.4 Å². The summed E-state index contributed by atoms with van der Waals surface area (Å²) in [5.74, 6) is 0. The molecule has 2 heteroatoms. The molecule has 5 aromatic carbocycles. The van der Waals surface area contributed by atoms with Crippen molar-refractivity contribution >= 4 is 27.9 Å². The summed E-state index contributed by atoms with van der Waals surface area (Å²) in [6.45, 7) is 11.8. The molecule has 2 aliphatic carbocycles. The third-order valence-corrected chi connectivity index (χ3v) is 10.7. The zero-order valence-electron chi connectivity index (χ0n) is 29.0. The van der Waals surface area contributed by atoms with Gasteiger partial charge in [0.05, 0.1) is 6.04 Å². The number of hydrogen-bond acceptors (Lipinski definition) is 1. The van der Waals surface area contributed by atoms with E-state index in [1.54, 1.807) is 0 Å². The largest absolute Gasteiger partial charge is 0.347 e. The lowest BCUT2D eigenvalue weighted by Crippen LogP contribution is -2.33. The Balaban J connectivity index is 1.22. The highest BCUT2D eigenvalue weighted by atomic mass is 15.2. The fraction of sp³-hybridized carbons (Fsp3) is 0.217. The second-order valence-electron chi connectivity index (χ2n) is 15.1. The number of hydrogen-bond donors (Lipinski definition) is 0. The lowest BCUT2D eigenvalue weighted by Gasteiger charge is -2.37. The summed E-state index contributed by atoms with van der Waals surface area (Å²) in [7, 11) is 2.21. The highest BCUT2D eigenvalue weighted by Gasteiger charge is 2.40. The number of para-hydroxylation sites is 1. The summed E-state index contributed by atoms with van der Waals surface area (Å²) in [6.07, 6.45) is 5.80. The van der Waals surface area contributed by atoms with Crippen LogP contribution in [-0.4, -0.2) is 10.6 Å². The normalized spacial score (nSPS) is 16.7. The van der Waals surface area contributed by atoms with E-state index in [4.69, 9.17) is 0 Å². The fourth-order valence-electron chi connectivity index (χ4n) is 8.47. The van der Waals surface area contributed by atoms with Crippen molar-refractivity contribution in [1.29, 1.82) is 0 Å². The lowest BCUT2D eigenvalue weighted by molar-refractivity contribution is 0.549. The Morgan fingerprint density at radius 3 is 1.94 bits per heavy atom. The quantitative estimate of drug-likeness (QED) is 0.185. The molecule has 0 bridgehead atoms. The number of nitrogens with zero attached hydrogens (tertiary/aromatic N) is 2. The van der Waals surface area contributed by atoms with Gasteiger partial charge in [0.25, 0.3) is 0 Å². The molecule has 0 amide bonds. The number of allylic oxidation sites excluding steroid dienone is 2. The molecule has 8 rings (SSSR count). The molecule has 6 aromatic rings. The summed E-state index contributed by atoms with van der Waals surface area (Å²) >= 11 is 0. The van der Waals surface area contributed by atoms with Crippen LogP contribution < -0.4 is 4.90 Å². The maximum absolute atomic E-state index is 2.55. The molecule has 0 saturated heterocycles. The molecule has 0 spiro atoms. The zero-order valence-corrected chi connectivity index (χ0v) is 29.0. The molecule has 238 valence electrons. The Bertz CT molecular complexity index is 2200. The summed E-state index contributed by atoms with van der Waals surface area (Å²) in [5.41, 5.74) is 15.9. The van der Waals surface area contributed by atoms with Crippen LogP contribution in [0.2, 0.25) is 0 Å². The number of benzene rings is 5. The van der Waals surface area contributed by atoms with E-state index in [0.717, 1.165) is 6.42 Å². The van der Waals surface area contributed by atoms with Crippen molar-refractivity contribution in [3.05, 3.63) is 162 Å². The average Bonchev–Trinajstić information content (AvgIpc) is 3.53. The number of fused-ring (bicyclic) bond motifs is 3. The monoisotopic (exact) mass is 624 g/mol. The number of aromatic nitrogens is 1. The first-order valence-corrected chi connectivity index (χ1v) is 17.3. The summed E-state index contributed by atoms with van der Waals surface area (Å²) in [5, 5.41) is 1.31. The minimum absolute atomic E-state index is 0.000642. The predicted octanol–water partition coefficient (Wildman–Crippen LogP) is 12.0. The molecule has 0 N–H and O–H groups in total. The molecule has 2 nitrogen and oxygen atoms in total. The lowest BCUT2D eigenvalue weighted by atomic mass is 9.77. The van der Waals surface area contributed by atoms with Gasteiger partial charge in [-0.05, 0) is 75.7 Å². The number of aryl methyl sites for hydroxylation is 1. The van der Waals surface area contributed by atoms with Crippen molar-refractivity contribution in [3.8, 4) is 22.3 Å². The molecule has 2 aliphatic rings. The van der Waals surface area contributed by atoms with Crippen LogP contribution in [0.25, 0.3) is 38.7 Å². The van der Waals surface area contributed by atoms with Gasteiger partial charge in [-0.1, -0.05) is 144 Å². The molecule has 0 aliphatic heterocycles. The molecule has 1 aromatic heterocycles. The van der Waals surface area contributed by atoms with Gasteiger partial charge in [0, 0.05) is 51.4 Å². The molecular weight excluding hydrogens is 581 g/mol. The maximum atomic E-state index is 2.55. The van der Waals surface area contributed by atoms with Crippen molar-refractivity contribution in [2.45, 2.75) is 57.9 Å². The molecule has 0 fully saturated rings. The Morgan fingerprint density at radius 1 is 0.667 bits per heavy atom. The first-order chi connectivity index (χ1) is 23.1. The average molecular weight is 625 g/mol. The fourth-order valence-corrected chi connectivity index (χ4v) is 8.47. The molecule has 0 radical (unpaired) electrons. The summed E-state index contributed by atoms with van der Waals surface area (Å²) < 4.78 is 2.39. The smallest absolute Gasteiger partial charge is 0.0563 e. The standard InChI is InChI=1S/C46H44N2/c1-45(2,3)44-43(39-17-11-13-19-42(39)47(44)6)33-22-26-35(27-23-33)48(34-24-20-32(21-25-34)31-14-8-7-9-15-31)36-28-29-38-37-16-10-12-18-40(37)46(4,5)41(38)30-36/h7-29,36H,30H2,1-6H3. The van der Waals surface area contributed by atoms with Crippen LogP contribution in [0.1, 0.15) is 57.9 Å². The number of anilines is 2. The van der Waals surface area contributed by atoms with Crippen molar-refractivity contribution in [1.82, 2.24) is 4.57 Å². The minimum Gasteiger partial charge on any atom is -0.347 e. The molecular formula is C46H44N2. The Morgan fingerprint density at radius 2 is 1.25 bits per heavy atom. The van der Waals surface area contributed by atoms with E-state index in [9.17, 15) is 0 Å². The molecule has 1 heterocycles. The van der Waals surface area contributed by atoms with Gasteiger partial charge >= 0.3 is 0 Å². The van der Waals surface area contributed by atoms with Gasteiger partial charge in [-0.3, -0.25) is 0 Å². The van der Waals surface area contributed by atoms with Gasteiger partial charge in [-0.2, -0.15) is 0 Å². The minimum atomic E-state index is -0.00169. The summed E-state index contributed by atoms with van der Waals surface area (Å²) in [4.78, 5) is 2.55. The van der Waals surface area contributed by atoms with Crippen LogP contribution in [-0.2, 0) is 17.9 Å². The molecule has 48 heavy (non-hydrogen) atoms. The molecule has 1 unspecified atom stereocenters. The van der Waals surface area contributed by atoms with E-state index >= 15 is 0 Å². The first kappa shape index (κ1) is 30.3. The predicted molar refractivity (Wildman–Crippen MR) is 205 cm³/mol. The van der Waals surface area contributed by atoms with Gasteiger partial charge in [-0.15, -0.1) is 0 Å². The van der Waals surface area contributed by atoms with E-state index in [0.29, 0.717) is 0 Å². The first-order valence-electron chi connectivity index (χ1n) is 17.3. The van der Waals surface area contributed by atoms with Gasteiger partial charge in [0.15, 0.2) is 0 Å². The zero-order chi connectivity index (χ0) is 33.2. The summed E-state index contributed by atoms with van der Waals surface area (Å²) in [6, 6.07) is 47.1. The van der Waals surface area contributed by atoms with Crippen LogP contribution in [0.3, 0.4) is 0 Å². The number of rotatable bonds is 5. The topological polar surface area (TPSA) is 8.17 Å². The van der Waals surface area contributed by atoms with Crippen molar-refractivity contribution in [2.75, 3.05) is 4.90 Å². The third-order valence-electron chi connectivity index (χ3n) is 10.7. The van der Waals surface area contributed by atoms with Crippen molar-refractivity contribution < 1.29 is 0 Å². The van der Waals surface area contributed by atoms with E-state index in [2.05, 4.69) is 191 Å². The molecule has 0 saturated carbocycles. The molecule has 1 atom stereocenters. The van der Waals surface area contributed by atoms with Crippen LogP contribution in [0.15, 0.2) is 145 Å².